The number of anilines is 1. The van der Waals surface area contributed by atoms with Crippen LogP contribution in [0, 0.1) is 12.3 Å². The van der Waals surface area contributed by atoms with E-state index in [1.165, 1.54) is 12.1 Å². The average Bonchev–Trinajstić information content (AvgIpc) is 2.47. The fourth-order valence-corrected chi connectivity index (χ4v) is 2.64. The number of aryl methyl sites for hydroxylation is 1. The minimum absolute atomic E-state index is 0.142. The number of nitrogens with two attached hydrogens (primary N) is 1. The van der Waals surface area contributed by atoms with Gasteiger partial charge in [-0.1, -0.05) is 13.8 Å². The van der Waals surface area contributed by atoms with E-state index in [0.29, 0.717) is 0 Å². The van der Waals surface area contributed by atoms with Crippen molar-refractivity contribution in [3.8, 4) is 0 Å². The molecular weight excluding hydrogens is 260 g/mol. The highest BCUT2D eigenvalue weighted by atomic mass is 15.1. The average molecular weight is 290 g/mol. The lowest BCUT2D eigenvalue weighted by atomic mass is 10.1. The Morgan fingerprint density at radius 3 is 2.24 bits per heavy atom. The van der Waals surface area contributed by atoms with Crippen LogP contribution in [-0.4, -0.2) is 43.5 Å². The van der Waals surface area contributed by atoms with Crippen molar-refractivity contribution < 1.29 is 0 Å². The molecular formula is C17H30N4. The van der Waals surface area contributed by atoms with Crippen LogP contribution in [0.2, 0.25) is 0 Å². The molecule has 1 rings (SSSR count). The number of nitrogens with one attached hydrogen (secondary N) is 1. The van der Waals surface area contributed by atoms with Gasteiger partial charge in [0, 0.05) is 24.3 Å². The third-order valence-corrected chi connectivity index (χ3v) is 4.04. The summed E-state index contributed by atoms with van der Waals surface area (Å²) in [6.07, 6.45) is 1.17. The molecule has 0 aliphatic heterocycles. The standard InChI is InChI=1S/C17H30N4/c1-5-20(6-2)11-8-12-21(7-3)15-9-10-16(17(18)19)14(4)13-15/h9-10,13H,5-8,11-12H2,1-4H3,(H3,18,19). The summed E-state index contributed by atoms with van der Waals surface area (Å²) in [6.45, 7) is 14.1. The number of hydrogen-bond acceptors (Lipinski definition) is 3. The molecule has 4 heteroatoms. The predicted molar refractivity (Wildman–Crippen MR) is 92.5 cm³/mol. The van der Waals surface area contributed by atoms with Crippen molar-refractivity contribution in [2.24, 2.45) is 5.73 Å². The van der Waals surface area contributed by atoms with Crippen molar-refractivity contribution in [1.82, 2.24) is 4.90 Å². The lowest BCUT2D eigenvalue weighted by Crippen LogP contribution is -2.30. The topological polar surface area (TPSA) is 56.4 Å². The first kappa shape index (κ1) is 17.5. The first-order valence-electron chi connectivity index (χ1n) is 7.95. The minimum Gasteiger partial charge on any atom is -0.384 e. The molecule has 0 fully saturated rings. The van der Waals surface area contributed by atoms with Crippen molar-refractivity contribution in [3.63, 3.8) is 0 Å². The van der Waals surface area contributed by atoms with Gasteiger partial charge in [0.25, 0.3) is 0 Å². The molecule has 0 bridgehead atoms. The second-order valence-electron chi connectivity index (χ2n) is 5.37. The van der Waals surface area contributed by atoms with Gasteiger partial charge in [-0.2, -0.15) is 0 Å². The van der Waals surface area contributed by atoms with Gasteiger partial charge in [0.1, 0.15) is 5.84 Å². The molecule has 0 saturated heterocycles. The highest BCUT2D eigenvalue weighted by molar-refractivity contribution is 5.96. The zero-order valence-electron chi connectivity index (χ0n) is 13.9. The van der Waals surface area contributed by atoms with Gasteiger partial charge < -0.3 is 15.5 Å². The van der Waals surface area contributed by atoms with Crippen molar-refractivity contribution in [2.45, 2.75) is 34.1 Å². The molecule has 0 aromatic heterocycles. The van der Waals surface area contributed by atoms with Gasteiger partial charge in [-0.15, -0.1) is 0 Å². The van der Waals surface area contributed by atoms with Crippen LogP contribution in [0.15, 0.2) is 18.2 Å². The number of nitrogens with zero attached hydrogens (tertiary/aromatic N) is 2. The molecule has 0 unspecified atom stereocenters. The van der Waals surface area contributed by atoms with Crippen LogP contribution in [0.1, 0.15) is 38.3 Å². The lowest BCUT2D eigenvalue weighted by Gasteiger charge is -2.26. The first-order valence-corrected chi connectivity index (χ1v) is 7.95. The number of rotatable bonds is 9. The predicted octanol–water partition coefficient (Wildman–Crippen LogP) is 2.84. The normalized spacial score (nSPS) is 10.9. The second kappa shape index (κ2) is 8.67. The molecule has 0 amide bonds. The van der Waals surface area contributed by atoms with E-state index in [9.17, 15) is 0 Å². The van der Waals surface area contributed by atoms with Crippen LogP contribution >= 0.6 is 0 Å². The van der Waals surface area contributed by atoms with Crippen molar-refractivity contribution >= 4 is 11.5 Å². The van der Waals surface area contributed by atoms with Gasteiger partial charge in [0.2, 0.25) is 0 Å². The van der Waals surface area contributed by atoms with Crippen molar-refractivity contribution in [1.29, 1.82) is 5.41 Å². The number of amidine groups is 1. The maximum absolute atomic E-state index is 7.56. The fourth-order valence-electron chi connectivity index (χ4n) is 2.64. The van der Waals surface area contributed by atoms with E-state index in [4.69, 9.17) is 11.1 Å². The summed E-state index contributed by atoms with van der Waals surface area (Å²) in [7, 11) is 0. The number of hydrogen-bond donors (Lipinski definition) is 2. The third kappa shape index (κ3) is 5.05. The van der Waals surface area contributed by atoms with Crippen molar-refractivity contribution in [2.75, 3.05) is 37.6 Å². The Bertz CT molecular complexity index is 452. The maximum Gasteiger partial charge on any atom is 0.123 e. The summed E-state index contributed by atoms with van der Waals surface area (Å²) < 4.78 is 0. The van der Waals surface area contributed by atoms with Gasteiger partial charge in [0.15, 0.2) is 0 Å². The number of benzene rings is 1. The van der Waals surface area contributed by atoms with E-state index < -0.39 is 0 Å². The molecule has 0 saturated carbocycles. The van der Waals surface area contributed by atoms with E-state index in [1.807, 2.05) is 13.0 Å². The summed E-state index contributed by atoms with van der Waals surface area (Å²) >= 11 is 0. The van der Waals surface area contributed by atoms with Crippen LogP contribution in [0.25, 0.3) is 0 Å². The lowest BCUT2D eigenvalue weighted by molar-refractivity contribution is 0.301. The molecule has 0 aliphatic rings. The molecule has 1 aromatic rings. The zero-order chi connectivity index (χ0) is 15.8. The zero-order valence-corrected chi connectivity index (χ0v) is 13.9. The second-order valence-corrected chi connectivity index (χ2v) is 5.37. The summed E-state index contributed by atoms with van der Waals surface area (Å²) in [5.41, 5.74) is 8.71. The van der Waals surface area contributed by atoms with E-state index in [0.717, 1.165) is 43.9 Å². The monoisotopic (exact) mass is 290 g/mol. The molecule has 21 heavy (non-hydrogen) atoms. The molecule has 4 nitrogen and oxygen atoms in total. The smallest absolute Gasteiger partial charge is 0.123 e. The van der Waals surface area contributed by atoms with E-state index in [1.54, 1.807) is 0 Å². The van der Waals surface area contributed by atoms with Gasteiger partial charge in [-0.25, -0.2) is 0 Å². The highest BCUT2D eigenvalue weighted by Gasteiger charge is 2.08. The van der Waals surface area contributed by atoms with E-state index >= 15 is 0 Å². The molecule has 1 aromatic carbocycles. The van der Waals surface area contributed by atoms with Crippen molar-refractivity contribution in [3.05, 3.63) is 29.3 Å². The Morgan fingerprint density at radius 2 is 1.76 bits per heavy atom. The Labute approximate surface area is 129 Å². The van der Waals surface area contributed by atoms with Gasteiger partial charge in [-0.05, 0) is 63.7 Å². The Kier molecular flexibility index (Phi) is 7.23. The summed E-state index contributed by atoms with van der Waals surface area (Å²) in [4.78, 5) is 4.85. The first-order chi connectivity index (χ1) is 10.0. The molecule has 0 atom stereocenters. The summed E-state index contributed by atoms with van der Waals surface area (Å²) in [5, 5.41) is 7.56. The van der Waals surface area contributed by atoms with Gasteiger partial charge >= 0.3 is 0 Å². The highest BCUT2D eigenvalue weighted by Crippen LogP contribution is 2.19. The largest absolute Gasteiger partial charge is 0.384 e. The minimum atomic E-state index is 0.142. The van der Waals surface area contributed by atoms with Crippen LogP contribution in [0.5, 0.6) is 0 Å². The van der Waals surface area contributed by atoms with Crippen LogP contribution in [0.3, 0.4) is 0 Å². The Morgan fingerprint density at radius 1 is 1.10 bits per heavy atom. The van der Waals surface area contributed by atoms with Crippen LogP contribution < -0.4 is 10.6 Å². The van der Waals surface area contributed by atoms with Gasteiger partial charge in [-0.3, -0.25) is 5.41 Å². The molecule has 0 radical (unpaired) electrons. The Hall–Kier alpha value is -1.55. The quantitative estimate of drug-likeness (QED) is 0.543. The maximum atomic E-state index is 7.56. The molecule has 118 valence electrons. The summed E-state index contributed by atoms with van der Waals surface area (Å²) in [5.74, 6) is 0.142. The fraction of sp³-hybridized carbons (Fsp3) is 0.588. The molecule has 0 heterocycles. The van der Waals surface area contributed by atoms with E-state index in [-0.39, 0.29) is 5.84 Å². The molecule has 3 N–H and O–H groups in total. The third-order valence-electron chi connectivity index (χ3n) is 4.04. The number of nitrogen functional groups attached to an aromatic ring is 1. The van der Waals surface area contributed by atoms with Gasteiger partial charge in [0.05, 0.1) is 0 Å². The SMILES string of the molecule is CCN(CC)CCCN(CC)c1ccc(C(=N)N)c(C)c1. The molecule has 0 spiro atoms. The molecule has 0 aliphatic carbocycles. The van der Waals surface area contributed by atoms with Crippen LogP contribution in [0.4, 0.5) is 5.69 Å². The van der Waals surface area contributed by atoms with Crippen LogP contribution in [-0.2, 0) is 0 Å². The Balaban J connectivity index is 2.68. The summed E-state index contributed by atoms with van der Waals surface area (Å²) in [6, 6.07) is 6.17. The van der Waals surface area contributed by atoms with E-state index in [2.05, 4.69) is 42.7 Å².